The predicted octanol–water partition coefficient (Wildman–Crippen LogP) is 2.30. The van der Waals surface area contributed by atoms with Crippen LogP contribution in [0.3, 0.4) is 0 Å². The molecule has 0 atom stereocenters. The Morgan fingerprint density at radius 2 is 1.69 bits per heavy atom. The molecular weight excluding hydrogens is 196 g/mol. The van der Waals surface area contributed by atoms with Gasteiger partial charge in [0.05, 0.1) is 0 Å². The summed E-state index contributed by atoms with van der Waals surface area (Å²) in [5, 5.41) is 0. The Morgan fingerprint density at radius 3 is 2.31 bits per heavy atom. The molecule has 90 valence electrons. The molecule has 0 N–H and O–H groups in total. The second-order valence-corrected chi connectivity index (χ2v) is 4.97. The van der Waals surface area contributed by atoms with Crippen molar-refractivity contribution in [1.29, 1.82) is 0 Å². The van der Waals surface area contributed by atoms with Crippen molar-refractivity contribution >= 4 is 0 Å². The fourth-order valence-electron chi connectivity index (χ4n) is 1.71. The van der Waals surface area contributed by atoms with E-state index in [1.54, 1.807) is 0 Å². The van der Waals surface area contributed by atoms with E-state index in [0.29, 0.717) is 0 Å². The zero-order valence-electron chi connectivity index (χ0n) is 11.2. The third kappa shape index (κ3) is 4.33. The molecule has 2 nitrogen and oxygen atoms in total. The fourth-order valence-corrected chi connectivity index (χ4v) is 1.71. The Morgan fingerprint density at radius 1 is 1.00 bits per heavy atom. The van der Waals surface area contributed by atoms with Crippen molar-refractivity contribution in [2.75, 3.05) is 34.2 Å². The highest BCUT2D eigenvalue weighted by molar-refractivity contribution is 5.30. The molecule has 1 rings (SSSR count). The lowest BCUT2D eigenvalue weighted by atomic mass is 10.1. The third-order valence-corrected chi connectivity index (χ3v) is 2.87. The van der Waals surface area contributed by atoms with Gasteiger partial charge in [-0.1, -0.05) is 23.8 Å². The molecule has 1 aromatic rings. The number of likely N-dealkylation sites (N-methyl/N-ethyl adjacent to an activating group) is 2. The van der Waals surface area contributed by atoms with Gasteiger partial charge in [0.1, 0.15) is 0 Å². The van der Waals surface area contributed by atoms with Gasteiger partial charge < -0.3 is 9.80 Å². The molecule has 1 aromatic carbocycles. The first-order valence-corrected chi connectivity index (χ1v) is 5.88. The average molecular weight is 220 g/mol. The highest BCUT2D eigenvalue weighted by Gasteiger charge is 2.03. The van der Waals surface area contributed by atoms with E-state index in [9.17, 15) is 0 Å². The second kappa shape index (κ2) is 6.02. The van der Waals surface area contributed by atoms with Gasteiger partial charge in [-0.25, -0.2) is 0 Å². The zero-order valence-corrected chi connectivity index (χ0v) is 11.2. The van der Waals surface area contributed by atoms with Crippen LogP contribution in [0.1, 0.15) is 16.7 Å². The van der Waals surface area contributed by atoms with Gasteiger partial charge in [-0.15, -0.1) is 0 Å². The second-order valence-electron chi connectivity index (χ2n) is 4.97. The lowest BCUT2D eigenvalue weighted by Gasteiger charge is -2.20. The highest BCUT2D eigenvalue weighted by Crippen LogP contribution is 2.12. The van der Waals surface area contributed by atoms with Gasteiger partial charge >= 0.3 is 0 Å². The summed E-state index contributed by atoms with van der Waals surface area (Å²) >= 11 is 0. The Kier molecular flexibility index (Phi) is 4.97. The lowest BCUT2D eigenvalue weighted by Crippen LogP contribution is -2.28. The number of rotatable bonds is 5. The van der Waals surface area contributed by atoms with Crippen LogP contribution in [0.15, 0.2) is 18.2 Å². The number of hydrogen-bond donors (Lipinski definition) is 0. The van der Waals surface area contributed by atoms with E-state index in [0.717, 1.165) is 19.6 Å². The molecule has 0 aliphatic rings. The summed E-state index contributed by atoms with van der Waals surface area (Å²) in [4.78, 5) is 4.60. The van der Waals surface area contributed by atoms with E-state index < -0.39 is 0 Å². The lowest BCUT2D eigenvalue weighted by molar-refractivity contribution is 0.276. The molecular formula is C14H24N2. The SMILES string of the molecule is Cc1ccc(C)c(CN(C)CCN(C)C)c1. The molecule has 0 aromatic heterocycles. The Labute approximate surface area is 99.9 Å². The fraction of sp³-hybridized carbons (Fsp3) is 0.571. The number of aryl methyl sites for hydroxylation is 2. The summed E-state index contributed by atoms with van der Waals surface area (Å²) < 4.78 is 0. The van der Waals surface area contributed by atoms with Crippen molar-refractivity contribution < 1.29 is 0 Å². The summed E-state index contributed by atoms with van der Waals surface area (Å²) in [7, 11) is 6.42. The topological polar surface area (TPSA) is 6.48 Å². The molecule has 0 aliphatic carbocycles. The van der Waals surface area contributed by atoms with Crippen LogP contribution in [-0.4, -0.2) is 44.0 Å². The third-order valence-electron chi connectivity index (χ3n) is 2.87. The normalized spacial score (nSPS) is 11.4. The Hall–Kier alpha value is -0.860. The first-order chi connectivity index (χ1) is 7.49. The predicted molar refractivity (Wildman–Crippen MR) is 70.8 cm³/mol. The highest BCUT2D eigenvalue weighted by atomic mass is 15.1. The molecule has 0 saturated carbocycles. The largest absolute Gasteiger partial charge is 0.308 e. The van der Waals surface area contributed by atoms with Crippen LogP contribution in [0.4, 0.5) is 0 Å². The number of nitrogens with zero attached hydrogens (tertiary/aromatic N) is 2. The smallest absolute Gasteiger partial charge is 0.0233 e. The van der Waals surface area contributed by atoms with Crippen LogP contribution < -0.4 is 0 Å². The van der Waals surface area contributed by atoms with E-state index in [-0.39, 0.29) is 0 Å². The van der Waals surface area contributed by atoms with Crippen molar-refractivity contribution in [3.05, 3.63) is 34.9 Å². The minimum atomic E-state index is 1.04. The van der Waals surface area contributed by atoms with E-state index >= 15 is 0 Å². The molecule has 0 spiro atoms. The minimum absolute atomic E-state index is 1.04. The molecule has 0 amide bonds. The van der Waals surface area contributed by atoms with Crippen molar-refractivity contribution in [2.24, 2.45) is 0 Å². The Bertz CT molecular complexity index is 332. The first-order valence-electron chi connectivity index (χ1n) is 5.88. The van der Waals surface area contributed by atoms with E-state index in [1.807, 2.05) is 0 Å². The quantitative estimate of drug-likeness (QED) is 0.751. The standard InChI is InChI=1S/C14H24N2/c1-12-6-7-13(2)14(10-12)11-16(5)9-8-15(3)4/h6-7,10H,8-9,11H2,1-5H3. The summed E-state index contributed by atoms with van der Waals surface area (Å²) in [5.74, 6) is 0. The summed E-state index contributed by atoms with van der Waals surface area (Å²) in [6.45, 7) is 7.61. The van der Waals surface area contributed by atoms with Gasteiger partial charge in [0.15, 0.2) is 0 Å². The summed E-state index contributed by atoms with van der Waals surface area (Å²) in [5.41, 5.74) is 4.19. The molecule has 16 heavy (non-hydrogen) atoms. The number of hydrogen-bond acceptors (Lipinski definition) is 2. The maximum Gasteiger partial charge on any atom is 0.0233 e. The number of benzene rings is 1. The zero-order chi connectivity index (χ0) is 12.1. The van der Waals surface area contributed by atoms with Crippen LogP contribution >= 0.6 is 0 Å². The van der Waals surface area contributed by atoms with E-state index in [1.165, 1.54) is 16.7 Å². The summed E-state index contributed by atoms with van der Waals surface area (Å²) in [6, 6.07) is 6.69. The van der Waals surface area contributed by atoms with Crippen LogP contribution in [0.5, 0.6) is 0 Å². The first kappa shape index (κ1) is 13.2. The van der Waals surface area contributed by atoms with Crippen LogP contribution in [-0.2, 0) is 6.54 Å². The van der Waals surface area contributed by atoms with Gasteiger partial charge in [-0.3, -0.25) is 0 Å². The Balaban J connectivity index is 2.55. The molecule has 0 bridgehead atoms. The van der Waals surface area contributed by atoms with Gasteiger partial charge in [0.25, 0.3) is 0 Å². The molecule has 0 saturated heterocycles. The molecule has 0 radical (unpaired) electrons. The maximum absolute atomic E-state index is 2.38. The molecule has 2 heteroatoms. The van der Waals surface area contributed by atoms with Gasteiger partial charge in [0, 0.05) is 19.6 Å². The van der Waals surface area contributed by atoms with Crippen LogP contribution in [0.2, 0.25) is 0 Å². The molecule has 0 fully saturated rings. The average Bonchev–Trinajstić information content (AvgIpc) is 2.20. The van der Waals surface area contributed by atoms with Crippen molar-refractivity contribution in [2.45, 2.75) is 20.4 Å². The minimum Gasteiger partial charge on any atom is -0.308 e. The van der Waals surface area contributed by atoms with Crippen molar-refractivity contribution in [3.8, 4) is 0 Å². The van der Waals surface area contributed by atoms with Crippen LogP contribution in [0, 0.1) is 13.8 Å². The molecule has 0 heterocycles. The van der Waals surface area contributed by atoms with Crippen LogP contribution in [0.25, 0.3) is 0 Å². The van der Waals surface area contributed by atoms with E-state index in [2.05, 4.69) is 63.0 Å². The van der Waals surface area contributed by atoms with Gasteiger partial charge in [-0.2, -0.15) is 0 Å². The molecule has 0 unspecified atom stereocenters. The van der Waals surface area contributed by atoms with Crippen molar-refractivity contribution in [3.63, 3.8) is 0 Å². The van der Waals surface area contributed by atoms with Gasteiger partial charge in [0.2, 0.25) is 0 Å². The van der Waals surface area contributed by atoms with Crippen molar-refractivity contribution in [1.82, 2.24) is 9.80 Å². The molecule has 0 aliphatic heterocycles. The maximum atomic E-state index is 2.38. The van der Waals surface area contributed by atoms with E-state index in [4.69, 9.17) is 0 Å². The summed E-state index contributed by atoms with van der Waals surface area (Å²) in [6.07, 6.45) is 0. The monoisotopic (exact) mass is 220 g/mol. The van der Waals surface area contributed by atoms with Gasteiger partial charge in [-0.05, 0) is 46.1 Å².